The van der Waals surface area contributed by atoms with Crippen LogP contribution in [0.25, 0.3) is 0 Å². The van der Waals surface area contributed by atoms with Crippen LogP contribution in [-0.2, 0) is 9.59 Å². The maximum absolute atomic E-state index is 11.5. The van der Waals surface area contributed by atoms with Crippen molar-refractivity contribution >= 4 is 11.9 Å². The van der Waals surface area contributed by atoms with Gasteiger partial charge >= 0.3 is 5.97 Å². The number of carbonyl (C=O) groups excluding carboxylic acids is 1. The van der Waals surface area contributed by atoms with E-state index >= 15 is 0 Å². The molecule has 2 N–H and O–H groups in total. The lowest BCUT2D eigenvalue weighted by molar-refractivity contribution is -0.140. The first-order valence-corrected chi connectivity index (χ1v) is 5.77. The zero-order chi connectivity index (χ0) is 12.7. The van der Waals surface area contributed by atoms with Gasteiger partial charge < -0.3 is 10.4 Å². The maximum Gasteiger partial charge on any atom is 0.310 e. The highest BCUT2D eigenvalue weighted by Crippen LogP contribution is 2.18. The van der Waals surface area contributed by atoms with Gasteiger partial charge in [-0.1, -0.05) is 12.2 Å². The highest BCUT2D eigenvalue weighted by atomic mass is 16.4. The lowest BCUT2D eigenvalue weighted by atomic mass is 10.1. The van der Waals surface area contributed by atoms with E-state index in [2.05, 4.69) is 11.2 Å². The average Bonchev–Trinajstić information content (AvgIpc) is 2.73. The van der Waals surface area contributed by atoms with E-state index in [0.29, 0.717) is 19.3 Å². The molecule has 0 radical (unpaired) electrons. The fourth-order valence-electron chi connectivity index (χ4n) is 1.78. The predicted octanol–water partition coefficient (Wildman–Crippen LogP) is 1.33. The molecule has 0 aliphatic heterocycles. The topological polar surface area (TPSA) is 66.4 Å². The van der Waals surface area contributed by atoms with E-state index in [-0.39, 0.29) is 11.9 Å². The number of hydrogen-bond donors (Lipinski definition) is 2. The zero-order valence-electron chi connectivity index (χ0n) is 9.69. The van der Waals surface area contributed by atoms with E-state index in [1.807, 2.05) is 0 Å². The fourth-order valence-corrected chi connectivity index (χ4v) is 1.78. The van der Waals surface area contributed by atoms with Gasteiger partial charge in [0.2, 0.25) is 5.91 Å². The van der Waals surface area contributed by atoms with E-state index in [1.54, 1.807) is 12.2 Å². The van der Waals surface area contributed by atoms with Crippen molar-refractivity contribution in [3.05, 3.63) is 12.2 Å². The van der Waals surface area contributed by atoms with Crippen LogP contribution in [0.5, 0.6) is 0 Å². The second-order valence-electron chi connectivity index (χ2n) is 4.15. The number of terminal acetylenes is 1. The van der Waals surface area contributed by atoms with Crippen LogP contribution in [0.1, 0.15) is 32.1 Å². The van der Waals surface area contributed by atoms with E-state index in [4.69, 9.17) is 11.5 Å². The van der Waals surface area contributed by atoms with Crippen molar-refractivity contribution in [3.8, 4) is 12.3 Å². The molecule has 1 aliphatic rings. The van der Waals surface area contributed by atoms with Crippen LogP contribution in [0.4, 0.5) is 0 Å². The molecular weight excluding hydrogens is 218 g/mol. The summed E-state index contributed by atoms with van der Waals surface area (Å²) in [5.41, 5.74) is 0. The number of rotatable bonds is 6. The minimum atomic E-state index is -0.841. The first kappa shape index (κ1) is 13.3. The Hall–Kier alpha value is -1.76. The van der Waals surface area contributed by atoms with Gasteiger partial charge in [-0.3, -0.25) is 9.59 Å². The molecule has 0 fully saturated rings. The van der Waals surface area contributed by atoms with Crippen molar-refractivity contribution in [1.82, 2.24) is 5.32 Å². The molecule has 0 saturated heterocycles. The zero-order valence-corrected chi connectivity index (χ0v) is 9.69. The minimum absolute atomic E-state index is 0.0392. The van der Waals surface area contributed by atoms with Gasteiger partial charge in [0.1, 0.15) is 0 Å². The van der Waals surface area contributed by atoms with Crippen LogP contribution in [0.3, 0.4) is 0 Å². The summed E-state index contributed by atoms with van der Waals surface area (Å²) in [5, 5.41) is 11.6. The van der Waals surface area contributed by atoms with Crippen LogP contribution in [-0.4, -0.2) is 23.0 Å². The van der Waals surface area contributed by atoms with Crippen molar-refractivity contribution in [3.63, 3.8) is 0 Å². The van der Waals surface area contributed by atoms with Crippen LogP contribution in [0, 0.1) is 18.3 Å². The average molecular weight is 235 g/mol. The molecule has 0 saturated carbocycles. The molecule has 4 nitrogen and oxygen atoms in total. The first-order chi connectivity index (χ1) is 8.13. The first-order valence-electron chi connectivity index (χ1n) is 5.77. The fraction of sp³-hybridized carbons (Fsp3) is 0.538. The van der Waals surface area contributed by atoms with Crippen molar-refractivity contribution < 1.29 is 14.7 Å². The summed E-state index contributed by atoms with van der Waals surface area (Å²) in [6, 6.07) is -0.142. The second-order valence-corrected chi connectivity index (χ2v) is 4.15. The van der Waals surface area contributed by atoms with E-state index in [9.17, 15) is 9.59 Å². The van der Waals surface area contributed by atoms with Gasteiger partial charge in [-0.25, -0.2) is 0 Å². The van der Waals surface area contributed by atoms with Gasteiger partial charge in [-0.05, 0) is 19.3 Å². The van der Waals surface area contributed by atoms with Gasteiger partial charge in [0.25, 0.3) is 0 Å². The molecular formula is C13H17NO3. The largest absolute Gasteiger partial charge is 0.481 e. The lowest BCUT2D eigenvalue weighted by Gasteiger charge is -2.11. The number of carbonyl (C=O) groups is 2. The summed E-state index contributed by atoms with van der Waals surface area (Å²) in [7, 11) is 0. The molecule has 0 spiro atoms. The summed E-state index contributed by atoms with van der Waals surface area (Å²) in [6.45, 7) is 0. The summed E-state index contributed by atoms with van der Waals surface area (Å²) in [5.74, 6) is 1.17. The number of carboxylic acids is 1. The van der Waals surface area contributed by atoms with Gasteiger partial charge in [0, 0.05) is 18.9 Å². The van der Waals surface area contributed by atoms with Gasteiger partial charge in [0.15, 0.2) is 0 Å². The van der Waals surface area contributed by atoms with Crippen LogP contribution in [0.2, 0.25) is 0 Å². The van der Waals surface area contributed by atoms with E-state index < -0.39 is 11.9 Å². The molecule has 92 valence electrons. The highest BCUT2D eigenvalue weighted by molar-refractivity contribution is 5.77. The van der Waals surface area contributed by atoms with Gasteiger partial charge in [-0.15, -0.1) is 12.3 Å². The predicted molar refractivity (Wildman–Crippen MR) is 64.1 cm³/mol. The van der Waals surface area contributed by atoms with Crippen molar-refractivity contribution in [1.29, 1.82) is 0 Å². The van der Waals surface area contributed by atoms with Crippen LogP contribution < -0.4 is 5.32 Å². The van der Waals surface area contributed by atoms with Crippen molar-refractivity contribution in [2.75, 3.05) is 0 Å². The summed E-state index contributed by atoms with van der Waals surface area (Å²) in [6.07, 6.45) is 11.7. The quantitative estimate of drug-likeness (QED) is 0.414. The number of nitrogens with one attached hydrogen (secondary N) is 1. The highest BCUT2D eigenvalue weighted by Gasteiger charge is 2.24. The molecule has 1 rings (SSSR count). The molecule has 0 bridgehead atoms. The number of hydrogen-bond acceptors (Lipinski definition) is 2. The monoisotopic (exact) mass is 235 g/mol. The van der Waals surface area contributed by atoms with Crippen molar-refractivity contribution in [2.24, 2.45) is 5.92 Å². The van der Waals surface area contributed by atoms with Gasteiger partial charge in [-0.2, -0.15) is 0 Å². The second kappa shape index (κ2) is 6.74. The molecule has 0 aromatic rings. The molecule has 2 atom stereocenters. The molecule has 1 aliphatic carbocycles. The molecule has 4 heteroatoms. The third-order valence-corrected chi connectivity index (χ3v) is 2.72. The molecule has 17 heavy (non-hydrogen) atoms. The Bertz CT molecular complexity index is 354. The normalized spacial score (nSPS) is 22.1. The summed E-state index contributed by atoms with van der Waals surface area (Å²) >= 11 is 0. The van der Waals surface area contributed by atoms with Crippen molar-refractivity contribution in [2.45, 2.75) is 38.1 Å². The Kier molecular flexibility index (Phi) is 5.28. The standard InChI is InChI=1S/C13H17NO3/c1-2-3-4-5-6-12(15)14-11-8-7-10(9-11)13(16)17/h1,7-8,10-11H,3-6,9H2,(H,14,15)(H,16,17). The Morgan fingerprint density at radius 3 is 2.76 bits per heavy atom. The minimum Gasteiger partial charge on any atom is -0.481 e. The molecule has 0 aromatic carbocycles. The smallest absolute Gasteiger partial charge is 0.310 e. The molecule has 0 aromatic heterocycles. The lowest BCUT2D eigenvalue weighted by Crippen LogP contribution is -2.33. The molecule has 2 unspecified atom stereocenters. The SMILES string of the molecule is C#CCCCCC(=O)NC1C=CC(C(=O)O)C1. The molecule has 0 heterocycles. The van der Waals surface area contributed by atoms with Crippen LogP contribution >= 0.6 is 0 Å². The summed E-state index contributed by atoms with van der Waals surface area (Å²) < 4.78 is 0. The van der Waals surface area contributed by atoms with E-state index in [0.717, 1.165) is 12.8 Å². The number of unbranched alkanes of at least 4 members (excludes halogenated alkanes) is 2. The third kappa shape index (κ3) is 4.73. The summed E-state index contributed by atoms with van der Waals surface area (Å²) in [4.78, 5) is 22.2. The van der Waals surface area contributed by atoms with Gasteiger partial charge in [0.05, 0.1) is 5.92 Å². The Labute approximate surface area is 101 Å². The Balaban J connectivity index is 2.18. The number of amides is 1. The van der Waals surface area contributed by atoms with E-state index in [1.165, 1.54) is 0 Å². The number of carboxylic acid groups (broad SMARTS) is 1. The number of aliphatic carboxylic acids is 1. The van der Waals surface area contributed by atoms with Crippen LogP contribution in [0.15, 0.2) is 12.2 Å². The molecule has 1 amide bonds. The maximum atomic E-state index is 11.5. The Morgan fingerprint density at radius 2 is 2.18 bits per heavy atom. The Morgan fingerprint density at radius 1 is 1.41 bits per heavy atom. The third-order valence-electron chi connectivity index (χ3n) is 2.72.